The molecule has 2 aliphatic heterocycles. The van der Waals surface area contributed by atoms with E-state index in [0.717, 1.165) is 52.0 Å². The summed E-state index contributed by atoms with van der Waals surface area (Å²) < 4.78 is 5.52. The van der Waals surface area contributed by atoms with Crippen molar-refractivity contribution in [2.75, 3.05) is 26.2 Å². The summed E-state index contributed by atoms with van der Waals surface area (Å²) >= 11 is 0. The molecule has 3 rings (SSSR count). The molecule has 128 valence electrons. The van der Waals surface area contributed by atoms with Crippen LogP contribution in [0.2, 0.25) is 0 Å². The summed E-state index contributed by atoms with van der Waals surface area (Å²) in [6.45, 7) is 8.68. The number of hydrogen-bond acceptors (Lipinski definition) is 5. The van der Waals surface area contributed by atoms with Crippen molar-refractivity contribution in [1.29, 1.82) is 0 Å². The number of aromatic nitrogens is 2. The first-order valence-electron chi connectivity index (χ1n) is 8.89. The second-order valence-electron chi connectivity index (χ2n) is 7.20. The molecule has 0 saturated carbocycles. The summed E-state index contributed by atoms with van der Waals surface area (Å²) in [5.74, 6) is 1.67. The number of nitrogens with zero attached hydrogens (tertiary/aromatic N) is 4. The number of piperidine rings is 2. The fraction of sp³-hybridized carbons (Fsp3) is 0.824. The number of likely N-dealkylation sites (tertiary alicyclic amines) is 2. The first-order chi connectivity index (χ1) is 11.1. The molecule has 1 spiro atoms. The summed E-state index contributed by atoms with van der Waals surface area (Å²) in [5, 5.41) is 8.03. The maximum absolute atomic E-state index is 12.2. The second-order valence-corrected chi connectivity index (χ2v) is 7.20. The van der Waals surface area contributed by atoms with Crippen LogP contribution in [0.1, 0.15) is 57.2 Å². The van der Waals surface area contributed by atoms with E-state index in [4.69, 9.17) is 4.42 Å². The number of unbranched alkanes of at least 4 members (excludes halogenated alkanes) is 1. The Balaban J connectivity index is 1.63. The van der Waals surface area contributed by atoms with Crippen LogP contribution < -0.4 is 0 Å². The predicted octanol–water partition coefficient (Wildman–Crippen LogP) is 2.38. The minimum Gasteiger partial charge on any atom is -0.424 e. The van der Waals surface area contributed by atoms with Crippen molar-refractivity contribution in [3.63, 3.8) is 0 Å². The van der Waals surface area contributed by atoms with Gasteiger partial charge in [-0.15, -0.1) is 10.2 Å². The third kappa shape index (κ3) is 3.91. The molecular formula is C17H28N4O2. The Hall–Kier alpha value is -1.43. The zero-order chi connectivity index (χ0) is 16.3. The van der Waals surface area contributed by atoms with Gasteiger partial charge < -0.3 is 9.32 Å². The normalized spacial score (nSPS) is 26.2. The predicted molar refractivity (Wildman–Crippen MR) is 86.7 cm³/mol. The maximum Gasteiger partial charge on any atom is 0.230 e. The summed E-state index contributed by atoms with van der Waals surface area (Å²) in [4.78, 5) is 16.7. The Morgan fingerprint density at radius 3 is 2.87 bits per heavy atom. The van der Waals surface area contributed by atoms with Crippen LogP contribution >= 0.6 is 0 Å². The highest BCUT2D eigenvalue weighted by atomic mass is 16.4. The van der Waals surface area contributed by atoms with Gasteiger partial charge in [0.05, 0.1) is 6.54 Å². The summed E-state index contributed by atoms with van der Waals surface area (Å²) in [7, 11) is 0. The van der Waals surface area contributed by atoms with E-state index < -0.39 is 0 Å². The summed E-state index contributed by atoms with van der Waals surface area (Å²) in [6, 6.07) is 0. The lowest BCUT2D eigenvalue weighted by molar-refractivity contribution is -0.139. The van der Waals surface area contributed by atoms with Crippen LogP contribution in [-0.2, 0) is 11.3 Å². The average molecular weight is 320 g/mol. The van der Waals surface area contributed by atoms with Crippen molar-refractivity contribution in [2.45, 2.75) is 58.9 Å². The molecule has 6 nitrogen and oxygen atoms in total. The van der Waals surface area contributed by atoms with Crippen LogP contribution in [0.25, 0.3) is 0 Å². The van der Waals surface area contributed by atoms with E-state index in [2.05, 4.69) is 26.9 Å². The molecule has 1 amide bonds. The number of carbonyl (C=O) groups is 1. The Morgan fingerprint density at radius 2 is 2.13 bits per heavy atom. The van der Waals surface area contributed by atoms with Gasteiger partial charge in [0, 0.05) is 38.4 Å². The zero-order valence-corrected chi connectivity index (χ0v) is 14.4. The van der Waals surface area contributed by atoms with Crippen molar-refractivity contribution in [2.24, 2.45) is 5.41 Å². The highest BCUT2D eigenvalue weighted by Crippen LogP contribution is 2.39. The summed E-state index contributed by atoms with van der Waals surface area (Å²) in [5.41, 5.74) is 0.259. The lowest BCUT2D eigenvalue weighted by Crippen LogP contribution is -2.53. The fourth-order valence-corrected chi connectivity index (χ4v) is 4.03. The molecule has 0 aliphatic carbocycles. The monoisotopic (exact) mass is 320 g/mol. The molecule has 0 bridgehead atoms. The van der Waals surface area contributed by atoms with Crippen molar-refractivity contribution >= 4 is 5.91 Å². The van der Waals surface area contributed by atoms with Crippen molar-refractivity contribution in [1.82, 2.24) is 20.0 Å². The molecule has 1 aromatic heterocycles. The van der Waals surface area contributed by atoms with E-state index in [0.29, 0.717) is 24.1 Å². The van der Waals surface area contributed by atoms with E-state index in [9.17, 15) is 4.79 Å². The molecular weight excluding hydrogens is 292 g/mol. The van der Waals surface area contributed by atoms with Gasteiger partial charge in [0.2, 0.25) is 17.7 Å². The van der Waals surface area contributed by atoms with Gasteiger partial charge >= 0.3 is 0 Å². The first-order valence-corrected chi connectivity index (χ1v) is 8.89. The van der Waals surface area contributed by atoms with Crippen molar-refractivity contribution in [3.05, 3.63) is 11.8 Å². The minimum absolute atomic E-state index is 0.259. The molecule has 3 heterocycles. The topological polar surface area (TPSA) is 62.5 Å². The Bertz CT molecular complexity index is 544. The van der Waals surface area contributed by atoms with Gasteiger partial charge in [-0.1, -0.05) is 13.3 Å². The highest BCUT2D eigenvalue weighted by Gasteiger charge is 2.41. The SMILES string of the molecule is CCCCN1CC2(CCCN(Cc3nnc(C)o3)C2)CCC1=O. The van der Waals surface area contributed by atoms with Crippen molar-refractivity contribution < 1.29 is 9.21 Å². The van der Waals surface area contributed by atoms with Gasteiger partial charge in [0.25, 0.3) is 0 Å². The van der Waals surface area contributed by atoms with Crippen molar-refractivity contribution in [3.8, 4) is 0 Å². The van der Waals surface area contributed by atoms with E-state index in [1.165, 1.54) is 12.8 Å². The van der Waals surface area contributed by atoms with Gasteiger partial charge in [-0.2, -0.15) is 0 Å². The van der Waals surface area contributed by atoms with Gasteiger partial charge in [0.15, 0.2) is 0 Å². The smallest absolute Gasteiger partial charge is 0.230 e. The molecule has 2 aliphatic rings. The molecule has 1 unspecified atom stereocenters. The molecule has 0 N–H and O–H groups in total. The van der Waals surface area contributed by atoms with E-state index in [-0.39, 0.29) is 5.41 Å². The third-order valence-corrected chi connectivity index (χ3v) is 5.20. The van der Waals surface area contributed by atoms with E-state index in [1.807, 2.05) is 6.92 Å². The lowest BCUT2D eigenvalue weighted by atomic mass is 9.73. The molecule has 23 heavy (non-hydrogen) atoms. The quantitative estimate of drug-likeness (QED) is 0.833. The van der Waals surface area contributed by atoms with Gasteiger partial charge in [-0.3, -0.25) is 9.69 Å². The van der Waals surface area contributed by atoms with E-state index >= 15 is 0 Å². The summed E-state index contributed by atoms with van der Waals surface area (Å²) in [6.07, 6.45) is 6.38. The molecule has 0 aromatic carbocycles. The molecule has 1 atom stereocenters. The van der Waals surface area contributed by atoms with Crippen LogP contribution in [0.5, 0.6) is 0 Å². The number of amides is 1. The average Bonchev–Trinajstić information content (AvgIpc) is 2.94. The van der Waals surface area contributed by atoms with Gasteiger partial charge in [-0.05, 0) is 32.2 Å². The third-order valence-electron chi connectivity index (χ3n) is 5.20. The molecule has 6 heteroatoms. The fourth-order valence-electron chi connectivity index (χ4n) is 4.03. The van der Waals surface area contributed by atoms with Crippen LogP contribution in [0.4, 0.5) is 0 Å². The molecule has 2 saturated heterocycles. The highest BCUT2D eigenvalue weighted by molar-refractivity contribution is 5.77. The number of carbonyl (C=O) groups excluding carboxylic acids is 1. The molecule has 2 fully saturated rings. The largest absolute Gasteiger partial charge is 0.424 e. The number of rotatable bonds is 5. The molecule has 0 radical (unpaired) electrons. The van der Waals surface area contributed by atoms with Gasteiger partial charge in [-0.25, -0.2) is 0 Å². The maximum atomic E-state index is 12.2. The standard InChI is InChI=1S/C17H28N4O2/c1-3-4-10-21-13-17(8-6-16(21)22)7-5-9-20(12-17)11-15-19-18-14(2)23-15/h3-13H2,1-2H3. The van der Waals surface area contributed by atoms with Gasteiger partial charge in [0.1, 0.15) is 0 Å². The Labute approximate surface area is 138 Å². The minimum atomic E-state index is 0.259. The number of aryl methyl sites for hydroxylation is 1. The number of hydrogen-bond donors (Lipinski definition) is 0. The zero-order valence-electron chi connectivity index (χ0n) is 14.4. The van der Waals surface area contributed by atoms with Crippen LogP contribution in [0.3, 0.4) is 0 Å². The lowest BCUT2D eigenvalue weighted by Gasteiger charge is -2.48. The van der Waals surface area contributed by atoms with E-state index in [1.54, 1.807) is 0 Å². The van der Waals surface area contributed by atoms with Crippen LogP contribution in [-0.4, -0.2) is 52.1 Å². The van der Waals surface area contributed by atoms with Crippen LogP contribution in [0.15, 0.2) is 4.42 Å². The van der Waals surface area contributed by atoms with Crippen LogP contribution in [0, 0.1) is 12.3 Å². The Kier molecular flexibility index (Phi) is 4.99. The Morgan fingerprint density at radius 1 is 1.26 bits per heavy atom. The second kappa shape index (κ2) is 6.99. The molecule has 1 aromatic rings. The first kappa shape index (κ1) is 16.4.